The number of carbonyl (C=O) groups excluding carboxylic acids is 1. The van der Waals surface area contributed by atoms with Crippen molar-refractivity contribution in [3.05, 3.63) is 35.4 Å². The van der Waals surface area contributed by atoms with Crippen LogP contribution in [0.4, 0.5) is 0 Å². The highest BCUT2D eigenvalue weighted by Crippen LogP contribution is 2.13. The first kappa shape index (κ1) is 16.1. The zero-order chi connectivity index (χ0) is 15.1. The number of benzene rings is 1. The van der Waals surface area contributed by atoms with Crippen LogP contribution in [0.5, 0.6) is 0 Å². The molecule has 0 fully saturated rings. The van der Waals surface area contributed by atoms with E-state index in [9.17, 15) is 14.7 Å². The molecule has 20 heavy (non-hydrogen) atoms. The Kier molecular flexibility index (Phi) is 6.14. The van der Waals surface area contributed by atoms with Crippen LogP contribution in [0.1, 0.15) is 40.5 Å². The maximum absolute atomic E-state index is 11.7. The molecule has 0 bridgehead atoms. The van der Waals surface area contributed by atoms with E-state index < -0.39 is 18.2 Å². The third-order valence-electron chi connectivity index (χ3n) is 2.84. The number of aliphatic hydroxyl groups excluding tert-OH is 2. The van der Waals surface area contributed by atoms with Crippen LogP contribution >= 0.6 is 0 Å². The van der Waals surface area contributed by atoms with Crippen LogP contribution in [-0.2, 0) is 4.74 Å². The fourth-order valence-electron chi connectivity index (χ4n) is 1.67. The lowest BCUT2D eigenvalue weighted by atomic mass is 10.0. The molecule has 1 rings (SSSR count). The number of aromatic carboxylic acids is 1. The van der Waals surface area contributed by atoms with Crippen molar-refractivity contribution in [1.82, 2.24) is 0 Å². The normalized spacial score (nSPS) is 13.6. The Labute approximate surface area is 116 Å². The molecule has 110 valence electrons. The lowest BCUT2D eigenvalue weighted by molar-refractivity contribution is -0.0761. The van der Waals surface area contributed by atoms with E-state index in [4.69, 9.17) is 14.9 Å². The van der Waals surface area contributed by atoms with Gasteiger partial charge < -0.3 is 20.1 Å². The molecule has 2 unspecified atom stereocenters. The van der Waals surface area contributed by atoms with Crippen LogP contribution in [0.3, 0.4) is 0 Å². The van der Waals surface area contributed by atoms with Gasteiger partial charge in [-0.25, -0.2) is 9.59 Å². The van der Waals surface area contributed by atoms with Gasteiger partial charge in [0, 0.05) is 13.0 Å². The van der Waals surface area contributed by atoms with Crippen molar-refractivity contribution in [2.24, 2.45) is 5.92 Å². The quantitative estimate of drug-likeness (QED) is 0.514. The van der Waals surface area contributed by atoms with Crippen LogP contribution in [0, 0.1) is 5.92 Å². The number of aliphatic hydroxyl groups is 2. The molecule has 0 aromatic heterocycles. The minimum absolute atomic E-state index is 0.0124. The summed E-state index contributed by atoms with van der Waals surface area (Å²) in [6, 6.07) is 5.24. The monoisotopic (exact) mass is 282 g/mol. The summed E-state index contributed by atoms with van der Waals surface area (Å²) < 4.78 is 4.84. The molecule has 1 aromatic rings. The van der Waals surface area contributed by atoms with Gasteiger partial charge in [-0.1, -0.05) is 6.92 Å². The first-order chi connectivity index (χ1) is 9.43. The van der Waals surface area contributed by atoms with E-state index in [0.717, 1.165) is 0 Å². The summed E-state index contributed by atoms with van der Waals surface area (Å²) in [5.41, 5.74) is 0.238. The second-order valence-electron chi connectivity index (χ2n) is 4.60. The number of esters is 1. The van der Waals surface area contributed by atoms with Gasteiger partial charge in [-0.3, -0.25) is 0 Å². The van der Waals surface area contributed by atoms with E-state index in [1.165, 1.54) is 24.3 Å². The standard InChI is InChI=1S/C14H18O6/c1-9(6-7-15)8-12(16)20-14(19)11-4-2-10(3-5-11)13(17)18/h2-5,9,12,15-16H,6-8H2,1H3,(H,17,18). The highest BCUT2D eigenvalue weighted by molar-refractivity contribution is 5.92. The van der Waals surface area contributed by atoms with Crippen LogP contribution in [-0.4, -0.2) is 40.2 Å². The van der Waals surface area contributed by atoms with E-state index in [1.807, 2.05) is 6.92 Å². The molecule has 0 aliphatic heterocycles. The highest BCUT2D eigenvalue weighted by atomic mass is 16.6. The van der Waals surface area contributed by atoms with Gasteiger partial charge >= 0.3 is 11.9 Å². The molecule has 2 atom stereocenters. The van der Waals surface area contributed by atoms with Gasteiger partial charge in [-0.15, -0.1) is 0 Å². The summed E-state index contributed by atoms with van der Waals surface area (Å²) in [6.45, 7) is 1.84. The minimum Gasteiger partial charge on any atom is -0.478 e. The van der Waals surface area contributed by atoms with Crippen molar-refractivity contribution in [2.75, 3.05) is 6.61 Å². The largest absolute Gasteiger partial charge is 0.478 e. The molecule has 3 N–H and O–H groups in total. The Bertz CT molecular complexity index is 453. The van der Waals surface area contributed by atoms with Gasteiger partial charge in [0.15, 0.2) is 0 Å². The summed E-state index contributed by atoms with van der Waals surface area (Å²) in [5.74, 6) is -1.77. The van der Waals surface area contributed by atoms with Crippen molar-refractivity contribution in [3.8, 4) is 0 Å². The number of carboxylic acid groups (broad SMARTS) is 1. The summed E-state index contributed by atoms with van der Waals surface area (Å²) in [4.78, 5) is 22.4. The fraction of sp³-hybridized carbons (Fsp3) is 0.429. The second kappa shape index (κ2) is 7.62. The molecular formula is C14H18O6. The Balaban J connectivity index is 2.55. The highest BCUT2D eigenvalue weighted by Gasteiger charge is 2.16. The molecule has 0 aliphatic rings. The molecule has 6 nitrogen and oxygen atoms in total. The predicted molar refractivity (Wildman–Crippen MR) is 70.3 cm³/mol. The number of carbonyl (C=O) groups is 2. The molecule has 1 aromatic carbocycles. The average Bonchev–Trinajstić information content (AvgIpc) is 2.38. The fourth-order valence-corrected chi connectivity index (χ4v) is 1.67. The maximum Gasteiger partial charge on any atom is 0.340 e. The van der Waals surface area contributed by atoms with Gasteiger partial charge in [0.25, 0.3) is 0 Å². The van der Waals surface area contributed by atoms with E-state index >= 15 is 0 Å². The van der Waals surface area contributed by atoms with Crippen LogP contribution in [0.25, 0.3) is 0 Å². The van der Waals surface area contributed by atoms with Crippen molar-refractivity contribution in [1.29, 1.82) is 0 Å². The Morgan fingerprint density at radius 3 is 2.25 bits per heavy atom. The molecule has 0 saturated heterocycles. The van der Waals surface area contributed by atoms with E-state index in [0.29, 0.717) is 6.42 Å². The summed E-state index contributed by atoms with van der Waals surface area (Å²) in [6.07, 6.45) is -0.496. The van der Waals surface area contributed by atoms with Gasteiger partial charge in [0.1, 0.15) is 0 Å². The number of ether oxygens (including phenoxy) is 1. The van der Waals surface area contributed by atoms with E-state index in [1.54, 1.807) is 0 Å². The van der Waals surface area contributed by atoms with Crippen molar-refractivity contribution < 1.29 is 29.6 Å². The van der Waals surface area contributed by atoms with E-state index in [-0.39, 0.29) is 30.1 Å². The van der Waals surface area contributed by atoms with Crippen LogP contribution in [0.2, 0.25) is 0 Å². The lowest BCUT2D eigenvalue weighted by Crippen LogP contribution is -2.20. The number of hydrogen-bond acceptors (Lipinski definition) is 5. The average molecular weight is 282 g/mol. The topological polar surface area (TPSA) is 104 Å². The maximum atomic E-state index is 11.7. The lowest BCUT2D eigenvalue weighted by Gasteiger charge is -2.16. The summed E-state index contributed by atoms with van der Waals surface area (Å²) in [5, 5.41) is 27.1. The third-order valence-corrected chi connectivity index (χ3v) is 2.84. The molecule has 0 heterocycles. The summed E-state index contributed by atoms with van der Waals surface area (Å²) in [7, 11) is 0. The molecular weight excluding hydrogens is 264 g/mol. The zero-order valence-corrected chi connectivity index (χ0v) is 11.2. The molecule has 6 heteroatoms. The molecule has 0 saturated carbocycles. The smallest absolute Gasteiger partial charge is 0.340 e. The molecule has 0 spiro atoms. The van der Waals surface area contributed by atoms with Crippen LogP contribution < -0.4 is 0 Å². The van der Waals surface area contributed by atoms with Crippen molar-refractivity contribution in [2.45, 2.75) is 26.1 Å². The van der Waals surface area contributed by atoms with Gasteiger partial charge in [-0.05, 0) is 36.6 Å². The van der Waals surface area contributed by atoms with Crippen molar-refractivity contribution >= 4 is 11.9 Å². The SMILES string of the molecule is CC(CCO)CC(O)OC(=O)c1ccc(C(=O)O)cc1. The Morgan fingerprint density at radius 2 is 1.75 bits per heavy atom. The van der Waals surface area contributed by atoms with Crippen LogP contribution in [0.15, 0.2) is 24.3 Å². The molecule has 0 amide bonds. The number of hydrogen-bond donors (Lipinski definition) is 3. The second-order valence-corrected chi connectivity index (χ2v) is 4.60. The van der Waals surface area contributed by atoms with Gasteiger partial charge in [0.05, 0.1) is 11.1 Å². The Hall–Kier alpha value is -1.92. The number of carboxylic acids is 1. The zero-order valence-electron chi connectivity index (χ0n) is 11.2. The molecule has 0 aliphatic carbocycles. The first-order valence-corrected chi connectivity index (χ1v) is 6.27. The van der Waals surface area contributed by atoms with Gasteiger partial charge in [0.2, 0.25) is 6.29 Å². The van der Waals surface area contributed by atoms with Gasteiger partial charge in [-0.2, -0.15) is 0 Å². The Morgan fingerprint density at radius 1 is 1.20 bits per heavy atom. The van der Waals surface area contributed by atoms with Crippen molar-refractivity contribution in [3.63, 3.8) is 0 Å². The predicted octanol–water partition coefficient (Wildman–Crippen LogP) is 1.27. The summed E-state index contributed by atoms with van der Waals surface area (Å²) >= 11 is 0. The minimum atomic E-state index is -1.25. The first-order valence-electron chi connectivity index (χ1n) is 6.27. The van der Waals surface area contributed by atoms with E-state index in [2.05, 4.69) is 0 Å². The number of rotatable bonds is 7. The molecule has 0 radical (unpaired) electrons. The third kappa shape index (κ3) is 4.99.